The molecule has 3 aromatic rings. The van der Waals surface area contributed by atoms with E-state index in [0.717, 1.165) is 17.8 Å². The summed E-state index contributed by atoms with van der Waals surface area (Å²) in [5.74, 6) is 0.195. The third kappa shape index (κ3) is 4.40. The van der Waals surface area contributed by atoms with Crippen LogP contribution >= 0.6 is 11.6 Å². The van der Waals surface area contributed by atoms with Crippen molar-refractivity contribution in [3.63, 3.8) is 0 Å². The van der Waals surface area contributed by atoms with Crippen LogP contribution < -0.4 is 15.5 Å². The molecule has 29 heavy (non-hydrogen) atoms. The molecule has 1 aliphatic heterocycles. The molecule has 0 radical (unpaired) electrons. The van der Waals surface area contributed by atoms with Gasteiger partial charge in [0.1, 0.15) is 12.1 Å². The number of rotatable bonds is 4. The van der Waals surface area contributed by atoms with Gasteiger partial charge in [-0.25, -0.2) is 14.2 Å². The van der Waals surface area contributed by atoms with Gasteiger partial charge < -0.3 is 9.80 Å². The van der Waals surface area contributed by atoms with Gasteiger partial charge in [-0.1, -0.05) is 23.7 Å². The van der Waals surface area contributed by atoms with Gasteiger partial charge in [0, 0.05) is 36.4 Å². The van der Waals surface area contributed by atoms with Crippen molar-refractivity contribution in [1.29, 1.82) is 0 Å². The highest BCUT2D eigenvalue weighted by atomic mass is 35.5. The summed E-state index contributed by atoms with van der Waals surface area (Å²) in [6.45, 7) is 4.59. The second-order valence-electron chi connectivity index (χ2n) is 7.16. The van der Waals surface area contributed by atoms with Crippen molar-refractivity contribution in [2.24, 2.45) is 0 Å². The summed E-state index contributed by atoms with van der Waals surface area (Å²) in [6, 6.07) is 14.0. The van der Waals surface area contributed by atoms with Crippen molar-refractivity contribution < 1.29 is 4.39 Å². The van der Waals surface area contributed by atoms with Crippen LogP contribution in [0.15, 0.2) is 59.7 Å². The molecule has 2 heterocycles. The van der Waals surface area contributed by atoms with Crippen LogP contribution in [0, 0.1) is 5.82 Å². The molecular formula is C21H21ClFN5O. The topological polar surface area (TPSA) is 54.3 Å². The lowest BCUT2D eigenvalue weighted by Crippen LogP contribution is -2.53. The Balaban J connectivity index is 1.45. The van der Waals surface area contributed by atoms with E-state index < -0.39 is 0 Å². The van der Waals surface area contributed by atoms with Crippen LogP contribution in [-0.2, 0) is 6.54 Å². The largest absolute Gasteiger partial charge is 0.365 e. The number of benzene rings is 2. The molecule has 8 heteroatoms. The highest BCUT2D eigenvalue weighted by molar-refractivity contribution is 6.30. The molecule has 1 atom stereocenters. The SMILES string of the molecule is C[C@H]1CN(c2ncn(Cc3ccc(Cl)cc3)c(=O)n2)CCN1c1ccc(F)cc1. The van der Waals surface area contributed by atoms with Crippen LogP contribution in [0.3, 0.4) is 0 Å². The van der Waals surface area contributed by atoms with E-state index in [-0.39, 0.29) is 17.5 Å². The minimum absolute atomic E-state index is 0.175. The predicted molar refractivity (Wildman–Crippen MR) is 112 cm³/mol. The summed E-state index contributed by atoms with van der Waals surface area (Å²) in [5.41, 5.74) is 1.60. The van der Waals surface area contributed by atoms with E-state index in [1.54, 1.807) is 24.3 Å². The van der Waals surface area contributed by atoms with Crippen molar-refractivity contribution in [1.82, 2.24) is 14.5 Å². The van der Waals surface area contributed by atoms with Crippen LogP contribution in [-0.4, -0.2) is 40.2 Å². The van der Waals surface area contributed by atoms with Gasteiger partial charge in [-0.15, -0.1) is 0 Å². The lowest BCUT2D eigenvalue weighted by atomic mass is 10.1. The highest BCUT2D eigenvalue weighted by Crippen LogP contribution is 2.22. The zero-order chi connectivity index (χ0) is 20.4. The molecule has 2 aromatic carbocycles. The lowest BCUT2D eigenvalue weighted by Gasteiger charge is -2.41. The second-order valence-corrected chi connectivity index (χ2v) is 7.59. The maximum Gasteiger partial charge on any atom is 0.352 e. The Bertz CT molecular complexity index is 1040. The normalized spacial score (nSPS) is 16.9. The van der Waals surface area contributed by atoms with E-state index in [0.29, 0.717) is 30.6 Å². The van der Waals surface area contributed by atoms with Gasteiger partial charge in [0.25, 0.3) is 0 Å². The second kappa shape index (κ2) is 8.21. The van der Waals surface area contributed by atoms with Crippen molar-refractivity contribution in [2.75, 3.05) is 29.4 Å². The smallest absolute Gasteiger partial charge is 0.352 e. The van der Waals surface area contributed by atoms with E-state index in [2.05, 4.69) is 21.8 Å². The summed E-state index contributed by atoms with van der Waals surface area (Å²) in [7, 11) is 0. The predicted octanol–water partition coefficient (Wildman–Crippen LogP) is 3.19. The van der Waals surface area contributed by atoms with Crippen LogP contribution in [0.5, 0.6) is 0 Å². The number of halogens is 2. The number of piperazine rings is 1. The molecule has 1 aliphatic rings. The Morgan fingerprint density at radius 1 is 1.10 bits per heavy atom. The Morgan fingerprint density at radius 2 is 1.83 bits per heavy atom. The molecule has 6 nitrogen and oxygen atoms in total. The zero-order valence-electron chi connectivity index (χ0n) is 16.0. The monoisotopic (exact) mass is 413 g/mol. The molecule has 1 aromatic heterocycles. The third-order valence-electron chi connectivity index (χ3n) is 5.09. The molecule has 0 unspecified atom stereocenters. The molecule has 0 amide bonds. The Kier molecular flexibility index (Phi) is 5.49. The minimum Gasteiger partial charge on any atom is -0.365 e. The Morgan fingerprint density at radius 3 is 2.48 bits per heavy atom. The molecule has 0 N–H and O–H groups in total. The fraction of sp³-hybridized carbons (Fsp3) is 0.286. The van der Waals surface area contributed by atoms with Crippen molar-refractivity contribution in [2.45, 2.75) is 19.5 Å². The van der Waals surface area contributed by atoms with Gasteiger partial charge in [-0.05, 0) is 48.9 Å². The molecule has 0 spiro atoms. The number of aromatic nitrogens is 3. The average molecular weight is 414 g/mol. The molecule has 150 valence electrons. The average Bonchev–Trinajstić information content (AvgIpc) is 2.72. The van der Waals surface area contributed by atoms with Crippen molar-refractivity contribution in [3.05, 3.63) is 81.7 Å². The summed E-state index contributed by atoms with van der Waals surface area (Å²) in [4.78, 5) is 25.3. The van der Waals surface area contributed by atoms with Gasteiger partial charge in [0.05, 0.1) is 6.54 Å². The maximum atomic E-state index is 13.2. The molecular weight excluding hydrogens is 393 g/mol. The van der Waals surface area contributed by atoms with E-state index in [1.165, 1.54) is 23.0 Å². The summed E-state index contributed by atoms with van der Waals surface area (Å²) >= 11 is 5.90. The van der Waals surface area contributed by atoms with Crippen molar-refractivity contribution >= 4 is 23.2 Å². The first-order valence-corrected chi connectivity index (χ1v) is 9.82. The van der Waals surface area contributed by atoms with Gasteiger partial charge in [-0.2, -0.15) is 4.98 Å². The summed E-state index contributed by atoms with van der Waals surface area (Å²) in [6.07, 6.45) is 1.54. The Hall–Kier alpha value is -2.93. The summed E-state index contributed by atoms with van der Waals surface area (Å²) < 4.78 is 14.7. The van der Waals surface area contributed by atoms with Gasteiger partial charge in [0.2, 0.25) is 5.95 Å². The number of nitrogens with zero attached hydrogens (tertiary/aromatic N) is 5. The van der Waals surface area contributed by atoms with Gasteiger partial charge >= 0.3 is 5.69 Å². The summed E-state index contributed by atoms with van der Waals surface area (Å²) in [5, 5.41) is 0.654. The molecule has 0 aliphatic carbocycles. The van der Waals surface area contributed by atoms with E-state index in [1.807, 2.05) is 17.0 Å². The highest BCUT2D eigenvalue weighted by Gasteiger charge is 2.25. The first-order valence-electron chi connectivity index (χ1n) is 9.45. The lowest BCUT2D eigenvalue weighted by molar-refractivity contribution is 0.538. The van der Waals surface area contributed by atoms with Crippen LogP contribution in [0.2, 0.25) is 5.02 Å². The molecule has 0 saturated carbocycles. The van der Waals surface area contributed by atoms with Crippen LogP contribution in [0.1, 0.15) is 12.5 Å². The standard InChI is InChI=1S/C21H21ClFN5O/c1-15-12-26(10-11-28(15)19-8-6-18(23)7-9-19)20-24-14-27(21(29)25-20)13-16-2-4-17(22)5-3-16/h2-9,14-15H,10-13H2,1H3/t15-/m0/s1. The van der Waals surface area contributed by atoms with Crippen LogP contribution in [0.25, 0.3) is 0 Å². The maximum absolute atomic E-state index is 13.2. The third-order valence-corrected chi connectivity index (χ3v) is 5.34. The number of hydrogen-bond acceptors (Lipinski definition) is 5. The van der Waals surface area contributed by atoms with E-state index in [9.17, 15) is 9.18 Å². The fourth-order valence-corrected chi connectivity index (χ4v) is 3.68. The molecule has 4 rings (SSSR count). The number of anilines is 2. The zero-order valence-corrected chi connectivity index (χ0v) is 16.8. The van der Waals surface area contributed by atoms with Gasteiger partial charge in [-0.3, -0.25) is 4.57 Å². The van der Waals surface area contributed by atoms with Gasteiger partial charge in [0.15, 0.2) is 0 Å². The van der Waals surface area contributed by atoms with E-state index in [4.69, 9.17) is 11.6 Å². The minimum atomic E-state index is -0.335. The van der Waals surface area contributed by atoms with Crippen LogP contribution in [0.4, 0.5) is 16.0 Å². The van der Waals surface area contributed by atoms with E-state index >= 15 is 0 Å². The molecule has 1 saturated heterocycles. The fourth-order valence-electron chi connectivity index (χ4n) is 3.55. The number of hydrogen-bond donors (Lipinski definition) is 0. The quantitative estimate of drug-likeness (QED) is 0.657. The molecule has 0 bridgehead atoms. The Labute approximate surface area is 173 Å². The first kappa shape index (κ1) is 19.4. The van der Waals surface area contributed by atoms with Crippen molar-refractivity contribution in [3.8, 4) is 0 Å². The molecule has 1 fully saturated rings. The first-order chi connectivity index (χ1) is 14.0.